The molecule has 0 saturated carbocycles. The summed E-state index contributed by atoms with van der Waals surface area (Å²) in [6.07, 6.45) is 6.32. The summed E-state index contributed by atoms with van der Waals surface area (Å²) < 4.78 is 0. The molecule has 0 aromatic rings. The highest BCUT2D eigenvalue weighted by atomic mass is 35.7. The van der Waals surface area contributed by atoms with Gasteiger partial charge >= 0.3 is 0 Å². The van der Waals surface area contributed by atoms with E-state index in [2.05, 4.69) is 13.8 Å². The van der Waals surface area contributed by atoms with Crippen LogP contribution < -0.4 is 0 Å². The van der Waals surface area contributed by atoms with Gasteiger partial charge in [0.15, 0.2) is 0 Å². The average Bonchev–Trinajstić information content (AvgIpc) is 1.97. The number of hydrogen-bond donors (Lipinski definition) is 0. The second kappa shape index (κ2) is 7.45. The smallest absolute Gasteiger partial charge is 0.150 e. The monoisotopic (exact) mass is 212 g/mol. The van der Waals surface area contributed by atoms with E-state index in [9.17, 15) is 0 Å². The molecule has 0 N–H and O–H groups in total. The fraction of sp³-hybridized carbons (Fsp3) is 1.00. The van der Waals surface area contributed by atoms with E-state index in [-0.39, 0.29) is 0 Å². The van der Waals surface area contributed by atoms with Crippen LogP contribution in [-0.2, 0) is 0 Å². The van der Waals surface area contributed by atoms with E-state index in [0.29, 0.717) is 5.54 Å². The van der Waals surface area contributed by atoms with E-state index in [0.717, 1.165) is 6.42 Å². The maximum absolute atomic E-state index is 5.93. The maximum atomic E-state index is 5.93. The highest BCUT2D eigenvalue weighted by Gasteiger charge is 2.15. The summed E-state index contributed by atoms with van der Waals surface area (Å²) in [6.45, 7) is 4.40. The van der Waals surface area contributed by atoms with Gasteiger partial charge < -0.3 is 0 Å². The molecule has 3 heteroatoms. The average molecular weight is 213 g/mol. The van der Waals surface area contributed by atoms with Crippen molar-refractivity contribution in [2.45, 2.75) is 51.5 Å². The van der Waals surface area contributed by atoms with Crippen molar-refractivity contribution < 1.29 is 0 Å². The molecule has 0 aliphatic heterocycles. The van der Waals surface area contributed by atoms with Crippen LogP contribution in [0.2, 0.25) is 5.54 Å². The van der Waals surface area contributed by atoms with Crippen molar-refractivity contribution in [1.29, 1.82) is 0 Å². The van der Waals surface area contributed by atoms with Crippen molar-refractivity contribution in [3.05, 3.63) is 0 Å². The van der Waals surface area contributed by atoms with Crippen LogP contribution in [0.15, 0.2) is 0 Å². The Morgan fingerprint density at radius 3 is 2.18 bits per heavy atom. The maximum Gasteiger partial charge on any atom is 0.240 e. The quantitative estimate of drug-likeness (QED) is 0.355. The molecule has 0 fully saturated rings. The number of unbranched alkanes of at least 4 members (excludes halogenated alkanes) is 2. The lowest BCUT2D eigenvalue weighted by atomic mass is 10.1. The van der Waals surface area contributed by atoms with Gasteiger partial charge in [-0.15, -0.1) is 0 Å². The summed E-state index contributed by atoms with van der Waals surface area (Å²) in [5.74, 6) is 0. The van der Waals surface area contributed by atoms with Crippen LogP contribution in [0.25, 0.3) is 0 Å². The molecule has 0 aromatic heterocycles. The first-order valence-corrected chi connectivity index (χ1v) is 8.66. The molecule has 1 atom stereocenters. The highest BCUT2D eigenvalue weighted by Crippen LogP contribution is 2.26. The Labute approximate surface area is 81.3 Å². The lowest BCUT2D eigenvalue weighted by Crippen LogP contribution is -2.05. The Morgan fingerprint density at radius 2 is 1.82 bits per heavy atom. The predicted molar refractivity (Wildman–Crippen MR) is 57.0 cm³/mol. The largest absolute Gasteiger partial charge is 0.240 e. The minimum atomic E-state index is -1.38. The first-order chi connectivity index (χ1) is 5.22. The second-order valence-electron chi connectivity index (χ2n) is 3.00. The summed E-state index contributed by atoms with van der Waals surface area (Å²) in [5, 5.41) is 0. The standard InChI is InChI=1S/C8H18Cl2Si/c1-3-5-6-7-8(4-2)11(9)10/h8,11H,3-7H2,1-2H3. The van der Waals surface area contributed by atoms with Crippen LogP contribution in [-0.4, -0.2) is 7.42 Å². The molecule has 0 aliphatic carbocycles. The zero-order valence-electron chi connectivity index (χ0n) is 7.45. The summed E-state index contributed by atoms with van der Waals surface area (Å²) in [7, 11) is -1.38. The van der Waals surface area contributed by atoms with Crippen LogP contribution in [0.3, 0.4) is 0 Å². The molecule has 0 heterocycles. The molecule has 0 aliphatic rings. The van der Waals surface area contributed by atoms with Crippen LogP contribution in [0.5, 0.6) is 0 Å². The van der Waals surface area contributed by atoms with Gasteiger partial charge in [0.25, 0.3) is 0 Å². The minimum Gasteiger partial charge on any atom is -0.150 e. The summed E-state index contributed by atoms with van der Waals surface area (Å²) >= 11 is 11.9. The van der Waals surface area contributed by atoms with Gasteiger partial charge in [-0.1, -0.05) is 46.0 Å². The topological polar surface area (TPSA) is 0 Å². The molecule has 0 amide bonds. The molecule has 0 aromatic carbocycles. The van der Waals surface area contributed by atoms with Gasteiger partial charge in [-0.25, -0.2) is 0 Å². The molecule has 0 bridgehead atoms. The van der Waals surface area contributed by atoms with Crippen LogP contribution in [0.4, 0.5) is 0 Å². The van der Waals surface area contributed by atoms with Crippen molar-refractivity contribution in [2.75, 3.05) is 0 Å². The molecule has 0 radical (unpaired) electrons. The summed E-state index contributed by atoms with van der Waals surface area (Å²) in [5.41, 5.74) is 0.643. The Hall–Kier alpha value is 0.797. The summed E-state index contributed by atoms with van der Waals surface area (Å²) in [6, 6.07) is 0. The molecule has 68 valence electrons. The van der Waals surface area contributed by atoms with E-state index in [1.54, 1.807) is 0 Å². The Balaban J connectivity index is 3.36. The van der Waals surface area contributed by atoms with Gasteiger partial charge in [-0.05, 0) is 5.54 Å². The normalized spacial score (nSPS) is 13.9. The van der Waals surface area contributed by atoms with Gasteiger partial charge in [0.05, 0.1) is 0 Å². The van der Waals surface area contributed by atoms with E-state index >= 15 is 0 Å². The van der Waals surface area contributed by atoms with E-state index < -0.39 is 7.42 Å². The number of halogens is 2. The van der Waals surface area contributed by atoms with Crippen LogP contribution in [0.1, 0.15) is 46.0 Å². The van der Waals surface area contributed by atoms with E-state index in [1.807, 2.05) is 0 Å². The van der Waals surface area contributed by atoms with Gasteiger partial charge in [0, 0.05) is 0 Å². The van der Waals surface area contributed by atoms with Gasteiger partial charge in [-0.2, -0.15) is 22.2 Å². The van der Waals surface area contributed by atoms with Crippen molar-refractivity contribution in [3.8, 4) is 0 Å². The predicted octanol–water partition coefficient (Wildman–Crippen LogP) is 4.05. The van der Waals surface area contributed by atoms with Crippen molar-refractivity contribution in [2.24, 2.45) is 0 Å². The molecule has 0 spiro atoms. The molecule has 1 unspecified atom stereocenters. The van der Waals surface area contributed by atoms with Crippen LogP contribution >= 0.6 is 22.2 Å². The first kappa shape index (κ1) is 11.8. The molecule has 0 saturated heterocycles. The second-order valence-corrected chi connectivity index (χ2v) is 8.10. The fourth-order valence-electron chi connectivity index (χ4n) is 1.16. The van der Waals surface area contributed by atoms with Crippen molar-refractivity contribution in [3.63, 3.8) is 0 Å². The third-order valence-electron chi connectivity index (χ3n) is 2.06. The minimum absolute atomic E-state index is 0.643. The molecular formula is C8H18Cl2Si. The van der Waals surface area contributed by atoms with Gasteiger partial charge in [0.1, 0.15) is 0 Å². The molecule has 0 rings (SSSR count). The summed E-state index contributed by atoms with van der Waals surface area (Å²) in [4.78, 5) is 0. The third kappa shape index (κ3) is 6.00. The molecular weight excluding hydrogens is 195 g/mol. The fourth-order valence-corrected chi connectivity index (χ4v) is 3.83. The zero-order chi connectivity index (χ0) is 8.69. The number of rotatable bonds is 6. The third-order valence-corrected chi connectivity index (χ3v) is 5.71. The van der Waals surface area contributed by atoms with Gasteiger partial charge in [-0.3, -0.25) is 0 Å². The number of hydrogen-bond acceptors (Lipinski definition) is 0. The molecule has 0 nitrogen and oxygen atoms in total. The first-order valence-electron chi connectivity index (χ1n) is 4.50. The van der Waals surface area contributed by atoms with Gasteiger partial charge in [0.2, 0.25) is 7.42 Å². The Morgan fingerprint density at radius 1 is 1.18 bits per heavy atom. The lowest BCUT2D eigenvalue weighted by Gasteiger charge is -2.13. The Kier molecular flexibility index (Phi) is 7.99. The SMILES string of the molecule is CCCCCC(CC)[SiH](Cl)Cl. The van der Waals surface area contributed by atoms with E-state index in [4.69, 9.17) is 22.2 Å². The molecule has 11 heavy (non-hydrogen) atoms. The Bertz CT molecular complexity index is 86.2. The van der Waals surface area contributed by atoms with Crippen molar-refractivity contribution >= 4 is 29.6 Å². The zero-order valence-corrected chi connectivity index (χ0v) is 10.1. The highest BCUT2D eigenvalue weighted by molar-refractivity contribution is 7.34. The van der Waals surface area contributed by atoms with E-state index in [1.165, 1.54) is 25.7 Å². The van der Waals surface area contributed by atoms with Crippen molar-refractivity contribution in [1.82, 2.24) is 0 Å². The lowest BCUT2D eigenvalue weighted by molar-refractivity contribution is 0.621. The van der Waals surface area contributed by atoms with Crippen LogP contribution in [0, 0.1) is 0 Å².